The Morgan fingerprint density at radius 1 is 1.54 bits per heavy atom. The first kappa shape index (κ1) is 10.2. The van der Waals surface area contributed by atoms with Crippen LogP contribution >= 0.6 is 12.6 Å². The highest BCUT2D eigenvalue weighted by atomic mass is 32.1. The molecule has 0 saturated heterocycles. The molecule has 0 bridgehead atoms. The lowest BCUT2D eigenvalue weighted by molar-refractivity contribution is -0.141. The van der Waals surface area contributed by atoms with Gasteiger partial charge in [-0.05, 0) is 0 Å². The van der Waals surface area contributed by atoms with Crippen LogP contribution in [-0.2, 0) is 19.0 Å². The molecular formula is C6H7F3N2OS. The highest BCUT2D eigenvalue weighted by molar-refractivity contribution is 7.79. The largest absolute Gasteiger partial charge is 0.433 e. The van der Waals surface area contributed by atoms with Gasteiger partial charge in [-0.2, -0.15) is 25.8 Å². The van der Waals surface area contributed by atoms with Crippen LogP contribution in [0.25, 0.3) is 0 Å². The van der Waals surface area contributed by atoms with Crippen molar-refractivity contribution in [3.8, 4) is 0 Å². The molecule has 0 aliphatic rings. The van der Waals surface area contributed by atoms with Crippen molar-refractivity contribution in [3.05, 3.63) is 21.6 Å². The smallest absolute Gasteiger partial charge is 0.291 e. The van der Waals surface area contributed by atoms with Crippen LogP contribution in [0.15, 0.2) is 4.79 Å². The molecule has 0 atom stereocenters. The summed E-state index contributed by atoms with van der Waals surface area (Å²) >= 11 is 3.66. The molecule has 1 rings (SSSR count). The lowest BCUT2D eigenvalue weighted by Gasteiger charge is -2.03. The van der Waals surface area contributed by atoms with E-state index >= 15 is 0 Å². The Balaban J connectivity index is 3.39. The Kier molecular flexibility index (Phi) is 2.47. The highest BCUT2D eigenvalue weighted by Crippen LogP contribution is 2.29. The maximum Gasteiger partial charge on any atom is 0.433 e. The summed E-state index contributed by atoms with van der Waals surface area (Å²) in [6, 6.07) is 0. The summed E-state index contributed by atoms with van der Waals surface area (Å²) in [5.74, 6) is -0.231. The molecule has 74 valence electrons. The average molecular weight is 212 g/mol. The first-order valence-corrected chi connectivity index (χ1v) is 3.97. The predicted molar refractivity (Wildman–Crippen MR) is 43.7 cm³/mol. The Morgan fingerprint density at radius 2 is 2.08 bits per heavy atom. The molecule has 7 heteroatoms. The maximum absolute atomic E-state index is 12.2. The minimum absolute atomic E-state index is 0.231. The van der Waals surface area contributed by atoms with Crippen LogP contribution in [0.3, 0.4) is 0 Å². The fourth-order valence-electron chi connectivity index (χ4n) is 0.976. The summed E-state index contributed by atoms with van der Waals surface area (Å²) in [7, 11) is 1.23. The number of nitrogens with zero attached hydrogens (tertiary/aromatic N) is 1. The third kappa shape index (κ3) is 1.74. The van der Waals surface area contributed by atoms with Gasteiger partial charge in [0.15, 0.2) is 0 Å². The summed E-state index contributed by atoms with van der Waals surface area (Å²) in [6.07, 6.45) is -4.53. The van der Waals surface area contributed by atoms with Crippen LogP contribution < -0.4 is 5.56 Å². The third-order valence-corrected chi connectivity index (χ3v) is 1.90. The number of hydrogen-bond acceptors (Lipinski definition) is 2. The number of thiol groups is 1. The summed E-state index contributed by atoms with van der Waals surface area (Å²) in [5.41, 5.74) is -2.06. The van der Waals surface area contributed by atoms with Gasteiger partial charge in [-0.1, -0.05) is 0 Å². The number of aryl methyl sites for hydroxylation is 1. The van der Waals surface area contributed by atoms with Crippen molar-refractivity contribution in [2.75, 3.05) is 0 Å². The molecule has 1 N–H and O–H groups in total. The Bertz CT molecular complexity index is 365. The van der Waals surface area contributed by atoms with Crippen molar-refractivity contribution in [1.82, 2.24) is 9.78 Å². The second-order valence-electron chi connectivity index (χ2n) is 2.49. The molecule has 0 saturated carbocycles. The molecule has 1 aromatic heterocycles. The minimum atomic E-state index is -4.53. The highest BCUT2D eigenvalue weighted by Gasteiger charge is 2.36. The van der Waals surface area contributed by atoms with Crippen molar-refractivity contribution in [3.63, 3.8) is 0 Å². The summed E-state index contributed by atoms with van der Waals surface area (Å²) in [4.78, 5) is 11.1. The predicted octanol–water partition coefficient (Wildman–Crippen LogP) is 1.16. The molecule has 1 heterocycles. The van der Waals surface area contributed by atoms with Crippen LogP contribution in [-0.4, -0.2) is 9.78 Å². The molecular weight excluding hydrogens is 205 g/mol. The topological polar surface area (TPSA) is 37.8 Å². The molecule has 3 nitrogen and oxygen atoms in total. The normalized spacial score (nSPS) is 12.1. The van der Waals surface area contributed by atoms with Gasteiger partial charge < -0.3 is 0 Å². The fourth-order valence-corrected chi connectivity index (χ4v) is 1.27. The van der Waals surface area contributed by atoms with Crippen molar-refractivity contribution in [1.29, 1.82) is 0 Å². The van der Waals surface area contributed by atoms with Gasteiger partial charge in [0, 0.05) is 12.8 Å². The molecule has 1 aromatic rings. The van der Waals surface area contributed by atoms with E-state index in [0.29, 0.717) is 0 Å². The first-order valence-electron chi connectivity index (χ1n) is 3.34. The Labute approximate surface area is 76.9 Å². The van der Waals surface area contributed by atoms with Gasteiger partial charge in [0.2, 0.25) is 0 Å². The van der Waals surface area contributed by atoms with E-state index in [0.717, 1.165) is 4.68 Å². The molecule has 0 aliphatic carbocycles. The first-order chi connectivity index (χ1) is 5.88. The van der Waals surface area contributed by atoms with Gasteiger partial charge in [-0.15, -0.1) is 0 Å². The lowest BCUT2D eigenvalue weighted by atomic mass is 10.3. The minimum Gasteiger partial charge on any atom is -0.291 e. The van der Waals surface area contributed by atoms with Crippen LogP contribution in [0, 0.1) is 0 Å². The number of H-pyrrole nitrogens is 1. The van der Waals surface area contributed by atoms with Gasteiger partial charge in [0.05, 0.1) is 5.56 Å². The van der Waals surface area contributed by atoms with Crippen LogP contribution in [0.2, 0.25) is 0 Å². The molecule has 13 heavy (non-hydrogen) atoms. The van der Waals surface area contributed by atoms with E-state index in [1.807, 2.05) is 5.10 Å². The number of halogens is 3. The number of alkyl halides is 3. The summed E-state index contributed by atoms with van der Waals surface area (Å²) < 4.78 is 37.4. The van der Waals surface area contributed by atoms with Gasteiger partial charge in [0.25, 0.3) is 5.56 Å². The quantitative estimate of drug-likeness (QED) is 0.673. The molecule has 0 unspecified atom stereocenters. The number of hydrogen-bond donors (Lipinski definition) is 2. The van der Waals surface area contributed by atoms with E-state index in [4.69, 9.17) is 0 Å². The Hall–Kier alpha value is -0.850. The number of aromatic amines is 1. The summed E-state index contributed by atoms with van der Waals surface area (Å²) in [5, 5.41) is 1.93. The van der Waals surface area contributed by atoms with Crippen molar-refractivity contribution < 1.29 is 13.2 Å². The second-order valence-corrected chi connectivity index (χ2v) is 2.80. The van der Waals surface area contributed by atoms with Crippen LogP contribution in [0.5, 0.6) is 0 Å². The van der Waals surface area contributed by atoms with Crippen molar-refractivity contribution >= 4 is 12.6 Å². The number of aromatic nitrogens is 2. The van der Waals surface area contributed by atoms with E-state index < -0.39 is 17.4 Å². The third-order valence-electron chi connectivity index (χ3n) is 1.59. The number of nitrogens with one attached hydrogen (secondary N) is 1. The fraction of sp³-hybridized carbons (Fsp3) is 0.500. The van der Waals surface area contributed by atoms with Gasteiger partial charge in [-0.25, -0.2) is 0 Å². The van der Waals surface area contributed by atoms with E-state index in [1.165, 1.54) is 7.05 Å². The monoisotopic (exact) mass is 212 g/mol. The van der Waals surface area contributed by atoms with E-state index in [1.54, 1.807) is 0 Å². The Morgan fingerprint density at radius 3 is 2.38 bits per heavy atom. The second kappa shape index (κ2) is 3.13. The van der Waals surface area contributed by atoms with E-state index in [2.05, 4.69) is 12.6 Å². The zero-order valence-electron chi connectivity index (χ0n) is 6.64. The van der Waals surface area contributed by atoms with Crippen molar-refractivity contribution in [2.45, 2.75) is 11.9 Å². The zero-order chi connectivity index (χ0) is 10.2. The van der Waals surface area contributed by atoms with Gasteiger partial charge in [0.1, 0.15) is 5.69 Å². The van der Waals surface area contributed by atoms with Gasteiger partial charge >= 0.3 is 6.18 Å². The maximum atomic E-state index is 12.2. The van der Waals surface area contributed by atoms with Crippen LogP contribution in [0.1, 0.15) is 11.3 Å². The van der Waals surface area contributed by atoms with E-state index in [-0.39, 0.29) is 11.3 Å². The molecule has 0 spiro atoms. The van der Waals surface area contributed by atoms with Crippen LogP contribution in [0.4, 0.5) is 13.2 Å². The molecule has 0 aromatic carbocycles. The number of rotatable bonds is 1. The van der Waals surface area contributed by atoms with E-state index in [9.17, 15) is 18.0 Å². The molecule has 0 amide bonds. The molecule has 0 fully saturated rings. The average Bonchev–Trinajstić information content (AvgIpc) is 2.28. The van der Waals surface area contributed by atoms with Crippen molar-refractivity contribution in [2.24, 2.45) is 7.05 Å². The molecule has 0 aliphatic heterocycles. The standard InChI is InChI=1S/C6H7F3N2OS/c1-11-5(12)3(2-13)4(10-11)6(7,8)9/h10,13H,2H2,1H3. The lowest BCUT2D eigenvalue weighted by Crippen LogP contribution is -2.14. The summed E-state index contributed by atoms with van der Waals surface area (Å²) in [6.45, 7) is 0. The SMILES string of the molecule is Cn1[nH]c(C(F)(F)F)c(CS)c1=O. The zero-order valence-corrected chi connectivity index (χ0v) is 7.54. The van der Waals surface area contributed by atoms with Gasteiger partial charge in [-0.3, -0.25) is 14.6 Å². The molecule has 0 radical (unpaired) electrons.